The molecule has 0 amide bonds. The maximum Gasteiger partial charge on any atom is 0.346 e. The quantitative estimate of drug-likeness (QED) is 0.916. The molecule has 0 aromatic carbocycles. The Kier molecular flexibility index (Phi) is 4.43. The lowest BCUT2D eigenvalue weighted by Crippen LogP contribution is -2.27. The van der Waals surface area contributed by atoms with Crippen LogP contribution in [0.4, 0.5) is 0 Å². The average molecular weight is 310 g/mol. The van der Waals surface area contributed by atoms with E-state index in [1.807, 2.05) is 13.8 Å². The Labute approximate surface area is 126 Å². The van der Waals surface area contributed by atoms with E-state index in [9.17, 15) is 14.7 Å². The Morgan fingerprint density at radius 2 is 2.14 bits per heavy atom. The Balaban J connectivity index is 2.79. The molecule has 0 aliphatic heterocycles. The summed E-state index contributed by atoms with van der Waals surface area (Å²) < 4.78 is 6.63. The number of aryl methyl sites for hydroxylation is 1. The van der Waals surface area contributed by atoms with E-state index in [0.717, 1.165) is 11.3 Å². The molecule has 0 aliphatic carbocycles. The Morgan fingerprint density at radius 3 is 2.67 bits per heavy atom. The first-order valence-electron chi connectivity index (χ1n) is 6.64. The molecule has 0 spiro atoms. The third-order valence-electron chi connectivity index (χ3n) is 3.31. The predicted molar refractivity (Wildman–Crippen MR) is 81.5 cm³/mol. The van der Waals surface area contributed by atoms with Gasteiger partial charge in [0, 0.05) is 13.0 Å². The summed E-state index contributed by atoms with van der Waals surface area (Å²) in [4.78, 5) is 29.1. The second-order valence-corrected chi connectivity index (χ2v) is 6.11. The summed E-state index contributed by atoms with van der Waals surface area (Å²) in [6.07, 6.45) is 0. The van der Waals surface area contributed by atoms with Crippen molar-refractivity contribution >= 4 is 27.5 Å². The molecule has 0 saturated carbocycles. The number of carbonyl (C=O) groups is 1. The molecule has 0 fully saturated rings. The standard InChI is InChI=1S/C14H18N2O4S/c1-7(2)11-15-12-9(8(3)10(21-12)14(18)19)13(17)16(11)5-6-20-4/h7H,5-6H2,1-4H3,(H,18,19). The summed E-state index contributed by atoms with van der Waals surface area (Å²) in [7, 11) is 1.57. The number of aromatic carboxylic acids is 1. The number of hydrogen-bond donors (Lipinski definition) is 1. The fraction of sp³-hybridized carbons (Fsp3) is 0.500. The molecule has 0 atom stereocenters. The Bertz CT molecular complexity index is 745. The van der Waals surface area contributed by atoms with Gasteiger partial charge in [-0.15, -0.1) is 11.3 Å². The topological polar surface area (TPSA) is 81.4 Å². The lowest BCUT2D eigenvalue weighted by atomic mass is 10.1. The second kappa shape index (κ2) is 5.95. The van der Waals surface area contributed by atoms with E-state index in [4.69, 9.17) is 4.74 Å². The van der Waals surface area contributed by atoms with Crippen molar-refractivity contribution in [2.75, 3.05) is 13.7 Å². The maximum atomic E-state index is 12.7. The van der Waals surface area contributed by atoms with Gasteiger partial charge in [-0.05, 0) is 12.5 Å². The molecule has 21 heavy (non-hydrogen) atoms. The minimum absolute atomic E-state index is 0.0645. The van der Waals surface area contributed by atoms with Gasteiger partial charge in [-0.1, -0.05) is 13.8 Å². The molecule has 1 N–H and O–H groups in total. The van der Waals surface area contributed by atoms with Gasteiger partial charge in [0.25, 0.3) is 5.56 Å². The number of aromatic nitrogens is 2. The molecule has 7 heteroatoms. The third kappa shape index (κ3) is 2.71. The number of nitrogens with zero attached hydrogens (tertiary/aromatic N) is 2. The number of carboxylic acid groups (broad SMARTS) is 1. The number of rotatable bonds is 5. The first-order chi connectivity index (χ1) is 9.88. The van der Waals surface area contributed by atoms with Crippen molar-refractivity contribution in [1.82, 2.24) is 9.55 Å². The van der Waals surface area contributed by atoms with E-state index < -0.39 is 5.97 Å². The van der Waals surface area contributed by atoms with Crippen LogP contribution in [-0.4, -0.2) is 34.3 Å². The van der Waals surface area contributed by atoms with E-state index in [1.54, 1.807) is 18.6 Å². The van der Waals surface area contributed by atoms with Crippen molar-refractivity contribution in [1.29, 1.82) is 0 Å². The van der Waals surface area contributed by atoms with E-state index in [1.165, 1.54) is 0 Å². The van der Waals surface area contributed by atoms with Crippen LogP contribution in [0.3, 0.4) is 0 Å². The second-order valence-electron chi connectivity index (χ2n) is 5.12. The minimum atomic E-state index is -1.02. The molecule has 6 nitrogen and oxygen atoms in total. The van der Waals surface area contributed by atoms with E-state index >= 15 is 0 Å². The van der Waals surface area contributed by atoms with Gasteiger partial charge in [0.1, 0.15) is 15.5 Å². The minimum Gasteiger partial charge on any atom is -0.477 e. The molecule has 2 aromatic rings. The summed E-state index contributed by atoms with van der Waals surface area (Å²) in [6.45, 7) is 6.37. The van der Waals surface area contributed by atoms with Crippen molar-refractivity contribution < 1.29 is 14.6 Å². The van der Waals surface area contributed by atoms with Gasteiger partial charge in [0.15, 0.2) is 0 Å². The maximum absolute atomic E-state index is 12.7. The van der Waals surface area contributed by atoms with E-state index in [2.05, 4.69) is 4.98 Å². The highest BCUT2D eigenvalue weighted by atomic mass is 32.1. The first-order valence-corrected chi connectivity index (χ1v) is 7.46. The molecule has 0 radical (unpaired) electrons. The summed E-state index contributed by atoms with van der Waals surface area (Å²) in [5, 5.41) is 9.60. The first kappa shape index (κ1) is 15.7. The van der Waals surface area contributed by atoms with Gasteiger partial charge in [-0.2, -0.15) is 0 Å². The highest BCUT2D eigenvalue weighted by Gasteiger charge is 2.21. The normalized spacial score (nSPS) is 11.5. The molecule has 0 aliphatic rings. The van der Waals surface area contributed by atoms with E-state index in [-0.39, 0.29) is 16.4 Å². The molecule has 114 valence electrons. The fourth-order valence-electron chi connectivity index (χ4n) is 2.28. The van der Waals surface area contributed by atoms with Crippen LogP contribution in [0.2, 0.25) is 0 Å². The highest BCUT2D eigenvalue weighted by Crippen LogP contribution is 2.28. The number of carboxylic acids is 1. The SMILES string of the molecule is COCCn1c(C(C)C)nc2sc(C(=O)O)c(C)c2c1=O. The Hall–Kier alpha value is -1.73. The number of ether oxygens (including phenoxy) is 1. The number of fused-ring (bicyclic) bond motifs is 1. The smallest absolute Gasteiger partial charge is 0.346 e. The lowest BCUT2D eigenvalue weighted by molar-refractivity contribution is 0.0701. The fourth-order valence-corrected chi connectivity index (χ4v) is 3.29. The number of thiophene rings is 1. The largest absolute Gasteiger partial charge is 0.477 e. The van der Waals surface area contributed by atoms with Crippen LogP contribution in [0, 0.1) is 6.92 Å². The molecule has 0 bridgehead atoms. The number of hydrogen-bond acceptors (Lipinski definition) is 5. The van der Waals surface area contributed by atoms with Gasteiger partial charge in [0.2, 0.25) is 0 Å². The van der Waals surface area contributed by atoms with Crippen LogP contribution in [0.15, 0.2) is 4.79 Å². The summed E-state index contributed by atoms with van der Waals surface area (Å²) >= 11 is 1.06. The Morgan fingerprint density at radius 1 is 1.48 bits per heavy atom. The van der Waals surface area contributed by atoms with Crippen LogP contribution < -0.4 is 5.56 Å². The lowest BCUT2D eigenvalue weighted by Gasteiger charge is -2.14. The molecule has 0 saturated heterocycles. The molecule has 2 rings (SSSR count). The van der Waals surface area contributed by atoms with Crippen molar-refractivity contribution in [2.45, 2.75) is 33.2 Å². The van der Waals surface area contributed by atoms with Crippen LogP contribution in [0.25, 0.3) is 10.2 Å². The summed E-state index contributed by atoms with van der Waals surface area (Å²) in [6, 6.07) is 0. The van der Waals surface area contributed by atoms with E-state index in [0.29, 0.717) is 34.8 Å². The zero-order chi connectivity index (χ0) is 15.7. The average Bonchev–Trinajstić information content (AvgIpc) is 2.75. The van der Waals surface area contributed by atoms with Crippen molar-refractivity contribution in [2.24, 2.45) is 0 Å². The van der Waals surface area contributed by atoms with Gasteiger partial charge in [0.05, 0.1) is 18.5 Å². The summed E-state index contributed by atoms with van der Waals surface area (Å²) in [5.74, 6) is -0.304. The zero-order valence-corrected chi connectivity index (χ0v) is 13.3. The van der Waals surface area contributed by atoms with Gasteiger partial charge < -0.3 is 9.84 Å². The highest BCUT2D eigenvalue weighted by molar-refractivity contribution is 7.20. The number of methoxy groups -OCH3 is 1. The van der Waals surface area contributed by atoms with Crippen LogP contribution in [-0.2, 0) is 11.3 Å². The van der Waals surface area contributed by atoms with Gasteiger partial charge in [-0.25, -0.2) is 9.78 Å². The van der Waals surface area contributed by atoms with Gasteiger partial charge in [-0.3, -0.25) is 9.36 Å². The van der Waals surface area contributed by atoms with Crippen LogP contribution in [0.5, 0.6) is 0 Å². The van der Waals surface area contributed by atoms with Gasteiger partial charge >= 0.3 is 5.97 Å². The molecular weight excluding hydrogens is 292 g/mol. The van der Waals surface area contributed by atoms with Crippen molar-refractivity contribution in [3.05, 3.63) is 26.6 Å². The van der Waals surface area contributed by atoms with Crippen molar-refractivity contribution in [3.63, 3.8) is 0 Å². The molecule has 2 heterocycles. The van der Waals surface area contributed by atoms with Crippen LogP contribution in [0.1, 0.15) is 40.8 Å². The predicted octanol–water partition coefficient (Wildman–Crippen LogP) is 2.23. The summed E-state index contributed by atoms with van der Waals surface area (Å²) in [5.41, 5.74) is 0.295. The monoisotopic (exact) mass is 310 g/mol. The molecule has 2 aromatic heterocycles. The van der Waals surface area contributed by atoms with Crippen LogP contribution >= 0.6 is 11.3 Å². The molecular formula is C14H18N2O4S. The zero-order valence-electron chi connectivity index (χ0n) is 12.5. The molecule has 0 unspecified atom stereocenters. The third-order valence-corrected chi connectivity index (χ3v) is 4.48. The van der Waals surface area contributed by atoms with Crippen molar-refractivity contribution in [3.8, 4) is 0 Å².